The molecule has 1 aromatic carbocycles. The van der Waals surface area contributed by atoms with Crippen molar-refractivity contribution in [1.29, 1.82) is 0 Å². The highest BCUT2D eigenvalue weighted by Crippen LogP contribution is 2.28. The van der Waals surface area contributed by atoms with E-state index in [1.807, 2.05) is 25.1 Å². The Balaban J connectivity index is 2.40. The number of carboxylic acids is 1. The van der Waals surface area contributed by atoms with E-state index in [2.05, 4.69) is 4.98 Å². The van der Waals surface area contributed by atoms with Crippen molar-refractivity contribution < 1.29 is 9.90 Å². The molecule has 0 fully saturated rings. The highest BCUT2D eigenvalue weighted by atomic mass is 35.5. The van der Waals surface area contributed by atoms with Crippen LogP contribution >= 0.6 is 11.6 Å². The van der Waals surface area contributed by atoms with Crippen molar-refractivity contribution in [1.82, 2.24) is 4.98 Å². The molecule has 110 valence electrons. The molecule has 6 heteroatoms. The van der Waals surface area contributed by atoms with Crippen LogP contribution in [0.2, 0.25) is 5.02 Å². The van der Waals surface area contributed by atoms with Crippen LogP contribution in [0, 0.1) is 0 Å². The second kappa shape index (κ2) is 6.01. The maximum Gasteiger partial charge on any atom is 0.339 e. The normalized spacial score (nSPS) is 12.0. The van der Waals surface area contributed by atoms with E-state index in [1.54, 1.807) is 18.0 Å². The number of hydrogen-bond donors (Lipinski definition) is 2. The monoisotopic (exact) mass is 305 g/mol. The van der Waals surface area contributed by atoms with Gasteiger partial charge in [0.2, 0.25) is 0 Å². The number of benzene rings is 1. The number of aromatic nitrogens is 1. The number of rotatable bonds is 4. The first-order chi connectivity index (χ1) is 9.90. The van der Waals surface area contributed by atoms with Gasteiger partial charge in [0.1, 0.15) is 11.4 Å². The third-order valence-electron chi connectivity index (χ3n) is 3.36. The highest BCUT2D eigenvalue weighted by molar-refractivity contribution is 6.30. The second-order valence-electron chi connectivity index (χ2n) is 4.79. The molecule has 21 heavy (non-hydrogen) atoms. The van der Waals surface area contributed by atoms with Gasteiger partial charge in [-0.15, -0.1) is 0 Å². The molecule has 1 atom stereocenters. The predicted octanol–water partition coefficient (Wildman–Crippen LogP) is 3.21. The van der Waals surface area contributed by atoms with Gasteiger partial charge in [0.15, 0.2) is 0 Å². The molecule has 0 aliphatic rings. The summed E-state index contributed by atoms with van der Waals surface area (Å²) in [6.07, 6.45) is 1.45. The molecule has 2 aromatic rings. The number of carboxylic acid groups (broad SMARTS) is 1. The van der Waals surface area contributed by atoms with Crippen molar-refractivity contribution in [3.63, 3.8) is 0 Å². The fourth-order valence-electron chi connectivity index (χ4n) is 2.09. The zero-order valence-corrected chi connectivity index (χ0v) is 12.5. The number of nitrogens with two attached hydrogens (primary N) is 1. The van der Waals surface area contributed by atoms with E-state index in [4.69, 9.17) is 17.3 Å². The number of nitrogen functional groups attached to an aromatic ring is 1. The molecule has 0 aliphatic carbocycles. The van der Waals surface area contributed by atoms with Gasteiger partial charge in [-0.25, -0.2) is 9.78 Å². The van der Waals surface area contributed by atoms with Crippen LogP contribution in [0.25, 0.3) is 0 Å². The fraction of sp³-hybridized carbons (Fsp3) is 0.200. The van der Waals surface area contributed by atoms with E-state index in [0.717, 1.165) is 5.56 Å². The van der Waals surface area contributed by atoms with Gasteiger partial charge in [-0.05, 0) is 30.7 Å². The van der Waals surface area contributed by atoms with Crippen LogP contribution in [0.1, 0.15) is 28.9 Å². The van der Waals surface area contributed by atoms with Crippen LogP contribution in [0.3, 0.4) is 0 Å². The Morgan fingerprint density at radius 3 is 2.76 bits per heavy atom. The first kappa shape index (κ1) is 15.1. The van der Waals surface area contributed by atoms with Crippen molar-refractivity contribution in [3.8, 4) is 0 Å². The zero-order chi connectivity index (χ0) is 15.6. The molecule has 0 aliphatic heterocycles. The lowest BCUT2D eigenvalue weighted by Crippen LogP contribution is -2.25. The first-order valence-electron chi connectivity index (χ1n) is 6.37. The van der Waals surface area contributed by atoms with Gasteiger partial charge in [0.25, 0.3) is 0 Å². The molecular weight excluding hydrogens is 290 g/mol. The quantitative estimate of drug-likeness (QED) is 0.906. The first-order valence-corrected chi connectivity index (χ1v) is 6.75. The van der Waals surface area contributed by atoms with Gasteiger partial charge in [-0.3, -0.25) is 0 Å². The minimum Gasteiger partial charge on any atom is -0.478 e. The average Bonchev–Trinajstić information content (AvgIpc) is 2.45. The third-order valence-corrected chi connectivity index (χ3v) is 3.60. The molecule has 0 bridgehead atoms. The minimum absolute atomic E-state index is 0.0754. The van der Waals surface area contributed by atoms with Gasteiger partial charge in [-0.2, -0.15) is 0 Å². The number of nitrogens with zero attached hydrogens (tertiary/aromatic N) is 2. The van der Waals surface area contributed by atoms with Crippen molar-refractivity contribution in [2.24, 2.45) is 0 Å². The summed E-state index contributed by atoms with van der Waals surface area (Å²) in [5.41, 5.74) is 6.98. The van der Waals surface area contributed by atoms with Gasteiger partial charge >= 0.3 is 5.97 Å². The molecule has 0 radical (unpaired) electrons. The maximum absolute atomic E-state index is 11.3. The summed E-state index contributed by atoms with van der Waals surface area (Å²) in [6.45, 7) is 1.95. The van der Waals surface area contributed by atoms with Crippen LogP contribution in [-0.4, -0.2) is 23.1 Å². The Kier molecular flexibility index (Phi) is 4.33. The van der Waals surface area contributed by atoms with Crippen LogP contribution in [0.15, 0.2) is 36.5 Å². The van der Waals surface area contributed by atoms with E-state index in [1.165, 1.54) is 12.3 Å². The molecule has 0 saturated carbocycles. The number of pyridine rings is 1. The summed E-state index contributed by atoms with van der Waals surface area (Å²) in [5.74, 6) is -0.695. The van der Waals surface area contributed by atoms with E-state index in [9.17, 15) is 9.90 Å². The molecule has 1 heterocycles. The lowest BCUT2D eigenvalue weighted by molar-refractivity contribution is 0.0697. The molecule has 3 N–H and O–H groups in total. The smallest absolute Gasteiger partial charge is 0.339 e. The minimum atomic E-state index is -1.06. The Morgan fingerprint density at radius 1 is 1.43 bits per heavy atom. The summed E-state index contributed by atoms with van der Waals surface area (Å²) in [6, 6.07) is 8.76. The van der Waals surface area contributed by atoms with Gasteiger partial charge in [0.05, 0.1) is 17.9 Å². The molecule has 0 amide bonds. The van der Waals surface area contributed by atoms with Crippen molar-refractivity contribution in [2.75, 3.05) is 17.7 Å². The second-order valence-corrected chi connectivity index (χ2v) is 5.22. The number of halogens is 1. The largest absolute Gasteiger partial charge is 0.478 e. The predicted molar refractivity (Wildman–Crippen MR) is 83.9 cm³/mol. The number of carbonyl (C=O) groups is 1. The summed E-state index contributed by atoms with van der Waals surface area (Å²) in [5, 5.41) is 9.93. The fourth-order valence-corrected chi connectivity index (χ4v) is 2.28. The Bertz CT molecular complexity index is 676. The molecule has 1 aromatic heterocycles. The van der Waals surface area contributed by atoms with Crippen LogP contribution in [0.5, 0.6) is 0 Å². The Labute approximate surface area is 128 Å². The van der Waals surface area contributed by atoms with Crippen molar-refractivity contribution in [2.45, 2.75) is 13.0 Å². The topological polar surface area (TPSA) is 79.5 Å². The third kappa shape index (κ3) is 3.25. The average molecular weight is 306 g/mol. The molecule has 2 rings (SSSR count). The summed E-state index contributed by atoms with van der Waals surface area (Å²) < 4.78 is 0. The van der Waals surface area contributed by atoms with E-state index < -0.39 is 5.97 Å². The number of hydrogen-bond acceptors (Lipinski definition) is 4. The molecule has 0 saturated heterocycles. The van der Waals surface area contributed by atoms with Crippen molar-refractivity contribution in [3.05, 3.63) is 52.7 Å². The van der Waals surface area contributed by atoms with Gasteiger partial charge in [0, 0.05) is 12.1 Å². The van der Waals surface area contributed by atoms with Gasteiger partial charge in [-0.1, -0.05) is 23.7 Å². The van der Waals surface area contributed by atoms with Crippen LogP contribution in [-0.2, 0) is 0 Å². The van der Waals surface area contributed by atoms with E-state index in [0.29, 0.717) is 16.5 Å². The lowest BCUT2D eigenvalue weighted by atomic mass is 10.1. The lowest BCUT2D eigenvalue weighted by Gasteiger charge is -2.27. The molecule has 0 spiro atoms. The van der Waals surface area contributed by atoms with Crippen molar-refractivity contribution >= 4 is 29.1 Å². The van der Waals surface area contributed by atoms with E-state index >= 15 is 0 Å². The van der Waals surface area contributed by atoms with Gasteiger partial charge < -0.3 is 15.7 Å². The number of anilines is 2. The standard InChI is InChI=1S/C15H16ClN3O2/c1-9(10-4-3-5-11(16)6-10)19(2)14-13(15(20)21)7-12(17)8-18-14/h3-9H,17H2,1-2H3,(H,20,21). The summed E-state index contributed by atoms with van der Waals surface area (Å²) >= 11 is 6.00. The molecule has 1 unspecified atom stereocenters. The molecular formula is C15H16ClN3O2. The Morgan fingerprint density at radius 2 is 2.14 bits per heavy atom. The summed E-state index contributed by atoms with van der Waals surface area (Å²) in [4.78, 5) is 17.3. The van der Waals surface area contributed by atoms with E-state index in [-0.39, 0.29) is 11.6 Å². The maximum atomic E-state index is 11.3. The highest BCUT2D eigenvalue weighted by Gasteiger charge is 2.20. The summed E-state index contributed by atoms with van der Waals surface area (Å²) in [7, 11) is 1.79. The Hall–Kier alpha value is -2.27. The zero-order valence-electron chi connectivity index (χ0n) is 11.7. The molecule has 5 nitrogen and oxygen atoms in total. The van der Waals surface area contributed by atoms with Crippen LogP contribution in [0.4, 0.5) is 11.5 Å². The SMILES string of the molecule is CC(c1cccc(Cl)c1)N(C)c1ncc(N)cc1C(=O)O. The van der Waals surface area contributed by atoms with Crippen LogP contribution < -0.4 is 10.6 Å². The number of aromatic carboxylic acids is 1.